The molecule has 0 bridgehead atoms. The molecular formula is C17H24N4O4. The summed E-state index contributed by atoms with van der Waals surface area (Å²) in [5.41, 5.74) is 2.94. The van der Waals surface area contributed by atoms with Gasteiger partial charge in [-0.3, -0.25) is 19.9 Å². The zero-order valence-corrected chi connectivity index (χ0v) is 14.3. The van der Waals surface area contributed by atoms with Gasteiger partial charge in [0.2, 0.25) is 11.8 Å². The lowest BCUT2D eigenvalue weighted by Crippen LogP contribution is -2.56. The molecule has 0 aliphatic carbocycles. The summed E-state index contributed by atoms with van der Waals surface area (Å²) in [7, 11) is 1.57. The number of rotatable bonds is 8. The third kappa shape index (κ3) is 4.71. The highest BCUT2D eigenvalue weighted by atomic mass is 16.5. The van der Waals surface area contributed by atoms with Gasteiger partial charge in [-0.05, 0) is 6.07 Å². The Morgan fingerprint density at radius 2 is 2.36 bits per heavy atom. The molecule has 1 aliphatic heterocycles. The maximum Gasteiger partial charge on any atom is 0.237 e. The number of carbonyl (C=O) groups excluding carboxylic acids is 2. The molecule has 0 radical (unpaired) electrons. The molecule has 0 spiro atoms. The Balaban J connectivity index is 2.24. The fraction of sp³-hybridized carbons (Fsp3) is 0.412. The molecule has 1 aromatic carbocycles. The van der Waals surface area contributed by atoms with E-state index in [1.54, 1.807) is 13.2 Å². The Hall–Kier alpha value is -2.58. The predicted molar refractivity (Wildman–Crippen MR) is 92.8 cm³/mol. The second kappa shape index (κ2) is 9.05. The first kappa shape index (κ1) is 18.8. The normalized spacial score (nSPS) is 17.5. The van der Waals surface area contributed by atoms with Crippen molar-refractivity contribution in [3.05, 3.63) is 36.4 Å². The quantitative estimate of drug-likeness (QED) is 0.263. The van der Waals surface area contributed by atoms with Crippen LogP contribution >= 0.6 is 0 Å². The highest BCUT2D eigenvalue weighted by Gasteiger charge is 2.32. The second-order valence-electron chi connectivity index (χ2n) is 5.60. The molecule has 8 heteroatoms. The third-order valence-electron chi connectivity index (χ3n) is 3.98. The Bertz CT molecular complexity index is 635. The molecule has 1 heterocycles. The van der Waals surface area contributed by atoms with Crippen LogP contribution in [0.2, 0.25) is 0 Å². The van der Waals surface area contributed by atoms with Gasteiger partial charge in [0.1, 0.15) is 6.61 Å². The number of hydrogen-bond acceptors (Lipinski definition) is 6. The highest BCUT2D eigenvalue weighted by Crippen LogP contribution is 2.32. The van der Waals surface area contributed by atoms with Gasteiger partial charge in [-0.15, -0.1) is 0 Å². The van der Waals surface area contributed by atoms with Crippen LogP contribution in [0, 0.1) is 0 Å². The van der Waals surface area contributed by atoms with Crippen molar-refractivity contribution in [1.82, 2.24) is 15.6 Å². The molecule has 1 aromatic rings. The fourth-order valence-electron chi connectivity index (χ4n) is 2.78. The van der Waals surface area contributed by atoms with E-state index in [0.29, 0.717) is 37.7 Å². The minimum absolute atomic E-state index is 0.00481. The SMILES string of the molecule is C=CCOc1c(CN2CCNC(=O)C2CC(=O)NN)cccc1OC. The van der Waals surface area contributed by atoms with Crippen LogP contribution in [0.15, 0.2) is 30.9 Å². The van der Waals surface area contributed by atoms with Crippen LogP contribution in [0.4, 0.5) is 0 Å². The van der Waals surface area contributed by atoms with Crippen LogP contribution in [0.3, 0.4) is 0 Å². The summed E-state index contributed by atoms with van der Waals surface area (Å²) in [5.74, 6) is 5.79. The molecule has 0 saturated carbocycles. The largest absolute Gasteiger partial charge is 0.493 e. The van der Waals surface area contributed by atoms with Gasteiger partial charge in [-0.1, -0.05) is 24.8 Å². The zero-order chi connectivity index (χ0) is 18.2. The third-order valence-corrected chi connectivity index (χ3v) is 3.98. The molecule has 1 atom stereocenters. The average molecular weight is 348 g/mol. The van der Waals surface area contributed by atoms with Crippen LogP contribution in [0.25, 0.3) is 0 Å². The summed E-state index contributed by atoms with van der Waals surface area (Å²) < 4.78 is 11.1. The Kier molecular flexibility index (Phi) is 6.79. The van der Waals surface area contributed by atoms with Gasteiger partial charge in [0.25, 0.3) is 0 Å². The van der Waals surface area contributed by atoms with Gasteiger partial charge >= 0.3 is 0 Å². The molecule has 2 rings (SSSR count). The molecule has 1 saturated heterocycles. The number of hydrazine groups is 1. The van der Waals surface area contributed by atoms with Crippen molar-refractivity contribution < 1.29 is 19.1 Å². The van der Waals surface area contributed by atoms with Crippen molar-refractivity contribution in [1.29, 1.82) is 0 Å². The van der Waals surface area contributed by atoms with Crippen LogP contribution in [0.5, 0.6) is 11.5 Å². The maximum absolute atomic E-state index is 12.2. The minimum atomic E-state index is -0.587. The predicted octanol–water partition coefficient (Wildman–Crippen LogP) is -0.0596. The first-order valence-corrected chi connectivity index (χ1v) is 8.01. The number of methoxy groups -OCH3 is 1. The number of amides is 2. The summed E-state index contributed by atoms with van der Waals surface area (Å²) in [6.45, 7) is 5.58. The van der Waals surface area contributed by atoms with Crippen LogP contribution in [-0.4, -0.2) is 49.6 Å². The van der Waals surface area contributed by atoms with Crippen LogP contribution < -0.4 is 26.1 Å². The van der Waals surface area contributed by atoms with E-state index < -0.39 is 6.04 Å². The van der Waals surface area contributed by atoms with Gasteiger partial charge in [0.15, 0.2) is 11.5 Å². The van der Waals surface area contributed by atoms with Gasteiger partial charge in [-0.2, -0.15) is 0 Å². The lowest BCUT2D eigenvalue weighted by Gasteiger charge is -2.35. The van der Waals surface area contributed by atoms with Gasteiger partial charge < -0.3 is 14.8 Å². The molecule has 0 aromatic heterocycles. The molecule has 4 N–H and O–H groups in total. The van der Waals surface area contributed by atoms with Crippen LogP contribution in [0.1, 0.15) is 12.0 Å². The summed E-state index contributed by atoms with van der Waals surface area (Å²) in [4.78, 5) is 25.8. The van der Waals surface area contributed by atoms with Crippen molar-refractivity contribution in [2.45, 2.75) is 19.0 Å². The molecular weight excluding hydrogens is 324 g/mol. The van der Waals surface area contributed by atoms with E-state index in [2.05, 4.69) is 17.3 Å². The number of piperazine rings is 1. The van der Waals surface area contributed by atoms with E-state index in [4.69, 9.17) is 15.3 Å². The summed E-state index contributed by atoms with van der Waals surface area (Å²) in [6.07, 6.45) is 1.65. The van der Waals surface area contributed by atoms with Crippen molar-refractivity contribution in [2.24, 2.45) is 5.84 Å². The number of ether oxygens (including phenoxy) is 2. The van der Waals surface area contributed by atoms with Gasteiger partial charge in [0.05, 0.1) is 19.6 Å². The summed E-state index contributed by atoms with van der Waals surface area (Å²) in [5, 5.41) is 2.78. The van der Waals surface area contributed by atoms with E-state index >= 15 is 0 Å². The standard InChI is InChI=1S/C17H24N4O4/c1-3-9-25-16-12(5-4-6-14(16)24-2)11-21-8-7-19-17(23)13(21)10-15(22)20-18/h3-6,13H,1,7-11,18H2,2H3,(H,19,23)(H,20,22). The maximum atomic E-state index is 12.2. The van der Waals surface area contributed by atoms with Crippen molar-refractivity contribution in [3.8, 4) is 11.5 Å². The van der Waals surface area contributed by atoms with Gasteiger partial charge in [0, 0.05) is 25.2 Å². The lowest BCUT2D eigenvalue weighted by molar-refractivity contribution is -0.134. The first-order chi connectivity index (χ1) is 12.1. The van der Waals surface area contributed by atoms with Gasteiger partial charge in [-0.25, -0.2) is 5.84 Å². The van der Waals surface area contributed by atoms with Crippen molar-refractivity contribution >= 4 is 11.8 Å². The number of para-hydroxylation sites is 1. The first-order valence-electron chi connectivity index (χ1n) is 8.01. The fourth-order valence-corrected chi connectivity index (χ4v) is 2.78. The molecule has 8 nitrogen and oxygen atoms in total. The highest BCUT2D eigenvalue weighted by molar-refractivity contribution is 5.88. The van der Waals surface area contributed by atoms with Crippen LogP contribution in [-0.2, 0) is 16.1 Å². The van der Waals surface area contributed by atoms with Crippen molar-refractivity contribution in [2.75, 3.05) is 26.8 Å². The Morgan fingerprint density at radius 1 is 1.56 bits per heavy atom. The van der Waals surface area contributed by atoms with E-state index in [1.807, 2.05) is 23.1 Å². The summed E-state index contributed by atoms with van der Waals surface area (Å²) in [6, 6.07) is 4.99. The van der Waals surface area contributed by atoms with E-state index in [1.165, 1.54) is 0 Å². The number of nitrogens with one attached hydrogen (secondary N) is 2. The molecule has 25 heavy (non-hydrogen) atoms. The Labute approximate surface area is 146 Å². The molecule has 136 valence electrons. The smallest absolute Gasteiger partial charge is 0.237 e. The lowest BCUT2D eigenvalue weighted by atomic mass is 10.1. The Morgan fingerprint density at radius 3 is 3.04 bits per heavy atom. The average Bonchev–Trinajstić information content (AvgIpc) is 2.63. The number of hydrogen-bond donors (Lipinski definition) is 3. The number of nitrogens with zero attached hydrogens (tertiary/aromatic N) is 1. The zero-order valence-electron chi connectivity index (χ0n) is 14.3. The second-order valence-corrected chi connectivity index (χ2v) is 5.60. The minimum Gasteiger partial charge on any atom is -0.493 e. The number of nitrogens with two attached hydrogens (primary N) is 1. The topological polar surface area (TPSA) is 106 Å². The van der Waals surface area contributed by atoms with E-state index in [9.17, 15) is 9.59 Å². The van der Waals surface area contributed by atoms with E-state index in [0.717, 1.165) is 5.56 Å². The number of carbonyl (C=O) groups is 2. The molecule has 1 fully saturated rings. The van der Waals surface area contributed by atoms with E-state index in [-0.39, 0.29) is 18.2 Å². The monoisotopic (exact) mass is 348 g/mol. The summed E-state index contributed by atoms with van der Waals surface area (Å²) >= 11 is 0. The molecule has 1 aliphatic rings. The molecule has 2 amide bonds. The van der Waals surface area contributed by atoms with Crippen molar-refractivity contribution in [3.63, 3.8) is 0 Å². The molecule has 1 unspecified atom stereocenters. The number of benzene rings is 1.